The highest BCUT2D eigenvalue weighted by atomic mass is 16.5. The minimum absolute atomic E-state index is 0.205. The van der Waals surface area contributed by atoms with Crippen LogP contribution in [-0.2, 0) is 6.54 Å². The Bertz CT molecular complexity index is 503. The Morgan fingerprint density at radius 3 is 2.33 bits per heavy atom. The number of ether oxygens (including phenoxy) is 3. The zero-order valence-corrected chi connectivity index (χ0v) is 13.6. The summed E-state index contributed by atoms with van der Waals surface area (Å²) >= 11 is 0. The molecular formula is C16H26N2O3. The minimum Gasteiger partial charge on any atom is -0.493 e. The van der Waals surface area contributed by atoms with Crippen molar-refractivity contribution in [2.24, 2.45) is 11.7 Å². The van der Waals surface area contributed by atoms with Crippen LogP contribution >= 0.6 is 0 Å². The summed E-state index contributed by atoms with van der Waals surface area (Å²) in [6.45, 7) is 6.85. The van der Waals surface area contributed by atoms with E-state index in [1.165, 1.54) is 5.56 Å². The third kappa shape index (κ3) is 2.80. The van der Waals surface area contributed by atoms with Crippen LogP contribution in [0.2, 0.25) is 0 Å². The highest BCUT2D eigenvalue weighted by Crippen LogP contribution is 2.48. The van der Waals surface area contributed by atoms with E-state index < -0.39 is 0 Å². The van der Waals surface area contributed by atoms with Gasteiger partial charge >= 0.3 is 0 Å². The Kier molecular flexibility index (Phi) is 4.96. The Morgan fingerprint density at radius 1 is 1.19 bits per heavy atom. The number of benzene rings is 1. The average molecular weight is 294 g/mol. The lowest BCUT2D eigenvalue weighted by Gasteiger charge is -2.25. The van der Waals surface area contributed by atoms with Crippen LogP contribution in [0.5, 0.6) is 17.2 Å². The molecule has 0 aromatic heterocycles. The highest BCUT2D eigenvalue weighted by Gasteiger charge is 2.34. The second kappa shape index (κ2) is 6.54. The second-order valence-electron chi connectivity index (χ2n) is 5.79. The molecule has 0 fully saturated rings. The van der Waals surface area contributed by atoms with Gasteiger partial charge in [0.1, 0.15) is 0 Å². The first-order valence-corrected chi connectivity index (χ1v) is 7.33. The molecule has 1 heterocycles. The number of hydrogen-bond acceptors (Lipinski definition) is 5. The van der Waals surface area contributed by atoms with E-state index in [-0.39, 0.29) is 6.04 Å². The molecular weight excluding hydrogens is 268 g/mol. The number of fused-ring (bicyclic) bond motifs is 1. The monoisotopic (exact) mass is 294 g/mol. The van der Waals surface area contributed by atoms with Crippen LogP contribution < -0.4 is 19.9 Å². The summed E-state index contributed by atoms with van der Waals surface area (Å²) in [5, 5.41) is 0. The summed E-state index contributed by atoms with van der Waals surface area (Å²) in [6.07, 6.45) is 0. The lowest BCUT2D eigenvalue weighted by atomic mass is 10.0. The van der Waals surface area contributed by atoms with Crippen molar-refractivity contribution in [2.45, 2.75) is 26.4 Å². The van der Waals surface area contributed by atoms with Crippen molar-refractivity contribution in [2.75, 3.05) is 34.4 Å². The smallest absolute Gasteiger partial charge is 0.203 e. The molecule has 0 radical (unpaired) electrons. The Balaban J connectivity index is 2.51. The summed E-state index contributed by atoms with van der Waals surface area (Å²) in [6, 6.07) is 2.24. The molecule has 2 N–H and O–H groups in total. The Labute approximate surface area is 127 Å². The van der Waals surface area contributed by atoms with Crippen molar-refractivity contribution < 1.29 is 14.2 Å². The van der Waals surface area contributed by atoms with Gasteiger partial charge in [0.15, 0.2) is 11.5 Å². The highest BCUT2D eigenvalue weighted by molar-refractivity contribution is 5.61. The van der Waals surface area contributed by atoms with E-state index in [2.05, 4.69) is 18.7 Å². The van der Waals surface area contributed by atoms with Gasteiger partial charge in [0.25, 0.3) is 0 Å². The van der Waals surface area contributed by atoms with Gasteiger partial charge in [-0.05, 0) is 17.5 Å². The zero-order valence-electron chi connectivity index (χ0n) is 13.6. The van der Waals surface area contributed by atoms with E-state index in [1.807, 2.05) is 6.07 Å². The summed E-state index contributed by atoms with van der Waals surface area (Å²) in [5.74, 6) is 2.69. The summed E-state index contributed by atoms with van der Waals surface area (Å²) in [4.78, 5) is 2.40. The quantitative estimate of drug-likeness (QED) is 0.871. The first-order valence-electron chi connectivity index (χ1n) is 7.33. The van der Waals surface area contributed by atoms with Crippen molar-refractivity contribution in [1.82, 2.24) is 4.90 Å². The predicted molar refractivity (Wildman–Crippen MR) is 83.1 cm³/mol. The number of nitrogens with two attached hydrogens (primary N) is 1. The molecule has 0 spiro atoms. The Hall–Kier alpha value is -1.46. The molecule has 1 unspecified atom stereocenters. The van der Waals surface area contributed by atoms with Crippen LogP contribution in [-0.4, -0.2) is 39.3 Å². The maximum Gasteiger partial charge on any atom is 0.203 e. The van der Waals surface area contributed by atoms with Gasteiger partial charge in [-0.3, -0.25) is 4.90 Å². The molecule has 1 aromatic rings. The van der Waals surface area contributed by atoms with E-state index in [0.717, 1.165) is 24.4 Å². The minimum atomic E-state index is 0.205. The largest absolute Gasteiger partial charge is 0.493 e. The van der Waals surface area contributed by atoms with E-state index in [9.17, 15) is 0 Å². The van der Waals surface area contributed by atoms with Crippen molar-refractivity contribution >= 4 is 0 Å². The first-order chi connectivity index (χ1) is 10.1. The number of methoxy groups -OCH3 is 3. The molecule has 21 heavy (non-hydrogen) atoms. The maximum atomic E-state index is 6.01. The van der Waals surface area contributed by atoms with Crippen LogP contribution in [0.3, 0.4) is 0 Å². The number of nitrogens with zero attached hydrogens (tertiary/aromatic N) is 1. The summed E-state index contributed by atoms with van der Waals surface area (Å²) in [5.41, 5.74) is 8.36. The third-order valence-corrected chi connectivity index (χ3v) is 3.95. The molecule has 0 saturated carbocycles. The van der Waals surface area contributed by atoms with E-state index in [4.69, 9.17) is 19.9 Å². The predicted octanol–water partition coefficient (Wildman–Crippen LogP) is 2.18. The first kappa shape index (κ1) is 15.9. The topological polar surface area (TPSA) is 57.0 Å². The van der Waals surface area contributed by atoms with Crippen LogP contribution in [0.25, 0.3) is 0 Å². The fraction of sp³-hybridized carbons (Fsp3) is 0.625. The van der Waals surface area contributed by atoms with Crippen molar-refractivity contribution in [3.05, 3.63) is 17.2 Å². The van der Waals surface area contributed by atoms with Gasteiger partial charge in [-0.15, -0.1) is 0 Å². The molecule has 1 aromatic carbocycles. The number of hydrogen-bond donors (Lipinski definition) is 1. The maximum absolute atomic E-state index is 6.01. The summed E-state index contributed by atoms with van der Waals surface area (Å²) < 4.78 is 16.5. The third-order valence-electron chi connectivity index (χ3n) is 3.95. The van der Waals surface area contributed by atoms with Crippen LogP contribution in [0.1, 0.15) is 31.0 Å². The van der Waals surface area contributed by atoms with Gasteiger partial charge in [-0.1, -0.05) is 13.8 Å². The van der Waals surface area contributed by atoms with Crippen LogP contribution in [0, 0.1) is 5.92 Å². The van der Waals surface area contributed by atoms with Gasteiger partial charge in [0.05, 0.1) is 21.3 Å². The summed E-state index contributed by atoms with van der Waals surface area (Å²) in [7, 11) is 4.94. The molecule has 1 atom stereocenters. The molecule has 0 saturated heterocycles. The molecule has 118 valence electrons. The number of rotatable bonds is 6. The van der Waals surface area contributed by atoms with Crippen molar-refractivity contribution in [1.29, 1.82) is 0 Å². The zero-order chi connectivity index (χ0) is 15.6. The van der Waals surface area contributed by atoms with Gasteiger partial charge in [-0.2, -0.15) is 0 Å². The van der Waals surface area contributed by atoms with Gasteiger partial charge in [0.2, 0.25) is 5.75 Å². The van der Waals surface area contributed by atoms with Crippen LogP contribution in [0.15, 0.2) is 6.07 Å². The Morgan fingerprint density at radius 2 is 1.86 bits per heavy atom. The molecule has 1 aliphatic heterocycles. The molecule has 5 heteroatoms. The SMILES string of the molecule is COc1cc2c(c(OC)c1OC)CN(CC(C)C)C2CN. The normalized spacial score (nSPS) is 18.0. The lowest BCUT2D eigenvalue weighted by Crippen LogP contribution is -2.30. The molecule has 5 nitrogen and oxygen atoms in total. The van der Waals surface area contributed by atoms with E-state index in [1.54, 1.807) is 21.3 Å². The standard InChI is InChI=1S/C16H26N2O3/c1-10(2)8-18-9-12-11(13(18)7-17)6-14(19-3)16(21-5)15(12)20-4/h6,10,13H,7-9,17H2,1-5H3. The van der Waals surface area contributed by atoms with Gasteiger partial charge in [0, 0.05) is 31.2 Å². The van der Waals surface area contributed by atoms with Gasteiger partial charge < -0.3 is 19.9 Å². The lowest BCUT2D eigenvalue weighted by molar-refractivity contribution is 0.194. The fourth-order valence-corrected chi connectivity index (χ4v) is 3.14. The van der Waals surface area contributed by atoms with Crippen molar-refractivity contribution in [3.8, 4) is 17.2 Å². The molecule has 1 aliphatic rings. The average Bonchev–Trinajstić information content (AvgIpc) is 2.80. The molecule has 2 rings (SSSR count). The molecule has 0 aliphatic carbocycles. The molecule has 0 amide bonds. The molecule has 0 bridgehead atoms. The fourth-order valence-electron chi connectivity index (χ4n) is 3.14. The van der Waals surface area contributed by atoms with Gasteiger partial charge in [-0.25, -0.2) is 0 Å². The van der Waals surface area contributed by atoms with E-state index in [0.29, 0.717) is 24.0 Å². The van der Waals surface area contributed by atoms with E-state index >= 15 is 0 Å². The second-order valence-corrected chi connectivity index (χ2v) is 5.79. The van der Waals surface area contributed by atoms with Crippen molar-refractivity contribution in [3.63, 3.8) is 0 Å². The van der Waals surface area contributed by atoms with Crippen LogP contribution in [0.4, 0.5) is 0 Å².